The summed E-state index contributed by atoms with van der Waals surface area (Å²) in [5.74, 6) is 0. The normalized spacial score (nSPS) is 20.7. The highest BCUT2D eigenvalue weighted by Gasteiger charge is 2.36. The Hall–Kier alpha value is 0.720. The predicted octanol–water partition coefficient (Wildman–Crippen LogP) is 3.27. The van der Waals surface area contributed by atoms with Gasteiger partial charge in [-0.05, 0) is 38.0 Å². The molecule has 8 heteroatoms. The maximum absolute atomic E-state index is 11.8. The number of rotatable bonds is 4. The third-order valence-corrected chi connectivity index (χ3v) is 6.09. The van der Waals surface area contributed by atoms with Crippen LogP contribution in [0.2, 0.25) is 0 Å². The van der Waals surface area contributed by atoms with E-state index in [0.29, 0.717) is 0 Å². The second-order valence-corrected chi connectivity index (χ2v) is 10.9. The van der Waals surface area contributed by atoms with Crippen molar-refractivity contribution < 1.29 is 23.2 Å². The third kappa shape index (κ3) is 10.3. The molecule has 0 aliphatic rings. The van der Waals surface area contributed by atoms with Crippen LogP contribution in [-0.4, -0.2) is 21.5 Å². The smallest absolute Gasteiger partial charge is 0.324 e. The average molecular weight is 304 g/mol. The van der Waals surface area contributed by atoms with E-state index in [4.69, 9.17) is 20.6 Å². The van der Waals surface area contributed by atoms with E-state index in [-0.39, 0.29) is 6.16 Å². The van der Waals surface area contributed by atoms with Crippen LogP contribution in [0.15, 0.2) is 0 Å². The Morgan fingerprint density at radius 1 is 1.12 bits per heavy atom. The van der Waals surface area contributed by atoms with Crippen LogP contribution in [0.1, 0.15) is 41.5 Å². The standard InChI is InChI=1S/C9H22O5P2S/c1-8(2,3)7-15(10,11)14-16(12,17)13-9(4,5)6/h7H2,1-6H3,(H,10,11)(H,12,17). The molecule has 0 aromatic heterocycles. The summed E-state index contributed by atoms with van der Waals surface area (Å²) in [5, 5.41) is 0. The van der Waals surface area contributed by atoms with Crippen molar-refractivity contribution in [2.45, 2.75) is 47.1 Å². The predicted molar refractivity (Wildman–Crippen MR) is 72.6 cm³/mol. The summed E-state index contributed by atoms with van der Waals surface area (Å²) in [5.41, 5.74) is -1.13. The molecule has 5 nitrogen and oxygen atoms in total. The van der Waals surface area contributed by atoms with E-state index in [1.165, 1.54) is 0 Å². The monoisotopic (exact) mass is 304 g/mol. The molecule has 2 unspecified atom stereocenters. The molecule has 0 amide bonds. The van der Waals surface area contributed by atoms with Gasteiger partial charge in [0.2, 0.25) is 0 Å². The molecule has 0 spiro atoms. The van der Waals surface area contributed by atoms with Gasteiger partial charge < -0.3 is 14.3 Å². The van der Waals surface area contributed by atoms with Crippen LogP contribution in [-0.2, 0) is 25.2 Å². The zero-order valence-corrected chi connectivity index (χ0v) is 13.7. The Labute approximate surface area is 108 Å². The van der Waals surface area contributed by atoms with Crippen LogP contribution in [0.4, 0.5) is 0 Å². The molecule has 0 aliphatic heterocycles. The average Bonchev–Trinajstić information content (AvgIpc) is 1.65. The number of hydrogen-bond donors (Lipinski definition) is 2. The van der Waals surface area contributed by atoms with Crippen molar-refractivity contribution in [3.63, 3.8) is 0 Å². The summed E-state index contributed by atoms with van der Waals surface area (Å²) in [4.78, 5) is 19.4. The van der Waals surface area contributed by atoms with Crippen molar-refractivity contribution in [3.8, 4) is 0 Å². The van der Waals surface area contributed by atoms with Gasteiger partial charge in [-0.15, -0.1) is 0 Å². The Bertz CT molecular complexity index is 321. The van der Waals surface area contributed by atoms with Gasteiger partial charge in [0, 0.05) is 0 Å². The molecule has 0 radical (unpaired) electrons. The van der Waals surface area contributed by atoms with E-state index in [9.17, 15) is 14.4 Å². The minimum absolute atomic E-state index is 0.0908. The Kier molecular flexibility index (Phi) is 5.60. The highest BCUT2D eigenvalue weighted by molar-refractivity contribution is 8.08. The lowest BCUT2D eigenvalue weighted by molar-refractivity contribution is 0.108. The maximum Gasteiger partial charge on any atom is 0.335 e. The van der Waals surface area contributed by atoms with Crippen LogP contribution < -0.4 is 0 Å². The van der Waals surface area contributed by atoms with Crippen LogP contribution in [0, 0.1) is 5.41 Å². The van der Waals surface area contributed by atoms with E-state index in [0.717, 1.165) is 0 Å². The molecule has 2 atom stereocenters. The van der Waals surface area contributed by atoms with E-state index >= 15 is 0 Å². The third-order valence-electron chi connectivity index (χ3n) is 1.29. The second-order valence-electron chi connectivity index (χ2n) is 6.11. The molecule has 0 aromatic carbocycles. The van der Waals surface area contributed by atoms with Crippen molar-refractivity contribution in [3.05, 3.63) is 0 Å². The van der Waals surface area contributed by atoms with Crippen molar-refractivity contribution in [2.75, 3.05) is 6.16 Å². The summed E-state index contributed by atoms with van der Waals surface area (Å²) >= 11 is 4.72. The first-order chi connectivity index (χ1) is 7.12. The Balaban J connectivity index is 4.72. The van der Waals surface area contributed by atoms with Crippen molar-refractivity contribution >= 4 is 26.1 Å². The Morgan fingerprint density at radius 3 is 1.82 bits per heavy atom. The zero-order valence-electron chi connectivity index (χ0n) is 11.1. The fourth-order valence-electron chi connectivity index (χ4n) is 1.15. The fourth-order valence-corrected chi connectivity index (χ4v) is 6.31. The highest BCUT2D eigenvalue weighted by atomic mass is 32.5. The van der Waals surface area contributed by atoms with Gasteiger partial charge in [0.15, 0.2) is 0 Å². The molecular formula is C9H22O5P2S. The molecule has 104 valence electrons. The quantitative estimate of drug-likeness (QED) is 0.776. The van der Waals surface area contributed by atoms with Gasteiger partial charge in [-0.2, -0.15) is 0 Å². The van der Waals surface area contributed by atoms with Crippen molar-refractivity contribution in [1.29, 1.82) is 0 Å². The van der Waals surface area contributed by atoms with E-state index < -0.39 is 25.3 Å². The van der Waals surface area contributed by atoms with Crippen LogP contribution in [0.5, 0.6) is 0 Å². The lowest BCUT2D eigenvalue weighted by atomic mass is 10.0. The minimum atomic E-state index is -3.95. The van der Waals surface area contributed by atoms with Crippen molar-refractivity contribution in [2.24, 2.45) is 5.41 Å². The first kappa shape index (κ1) is 17.7. The van der Waals surface area contributed by atoms with Gasteiger partial charge in [-0.3, -0.25) is 4.57 Å². The van der Waals surface area contributed by atoms with Crippen molar-refractivity contribution in [1.82, 2.24) is 0 Å². The van der Waals surface area contributed by atoms with Gasteiger partial charge in [0.05, 0.1) is 11.8 Å². The SMILES string of the molecule is CC(C)(C)CP(=O)(O)OP(O)(=S)OC(C)(C)C. The van der Waals surface area contributed by atoms with Crippen LogP contribution in [0.25, 0.3) is 0 Å². The van der Waals surface area contributed by atoms with Gasteiger partial charge >= 0.3 is 14.3 Å². The van der Waals surface area contributed by atoms with Crippen LogP contribution in [0.3, 0.4) is 0 Å². The molecule has 0 heterocycles. The fraction of sp³-hybridized carbons (Fsp3) is 1.00. The molecule has 0 bridgehead atoms. The molecule has 2 N–H and O–H groups in total. The molecule has 0 aromatic rings. The van der Waals surface area contributed by atoms with Gasteiger partial charge in [0.25, 0.3) is 0 Å². The molecule has 0 aliphatic carbocycles. The minimum Gasteiger partial charge on any atom is -0.324 e. The first-order valence-corrected chi connectivity index (χ1v) is 9.54. The van der Waals surface area contributed by atoms with Gasteiger partial charge in [-0.25, -0.2) is 4.31 Å². The second kappa shape index (κ2) is 5.38. The first-order valence-electron chi connectivity index (χ1n) is 5.19. The lowest BCUT2D eigenvalue weighted by Crippen LogP contribution is -2.18. The molecule has 0 saturated carbocycles. The molecular weight excluding hydrogens is 282 g/mol. The summed E-state index contributed by atoms with van der Waals surface area (Å²) in [6.07, 6.45) is -0.0908. The van der Waals surface area contributed by atoms with E-state index in [1.54, 1.807) is 41.5 Å². The lowest BCUT2D eigenvalue weighted by Gasteiger charge is -2.28. The summed E-state index contributed by atoms with van der Waals surface area (Å²) in [7, 11) is -3.95. The number of hydrogen-bond acceptors (Lipinski definition) is 4. The van der Waals surface area contributed by atoms with E-state index in [1.807, 2.05) is 0 Å². The van der Waals surface area contributed by atoms with Crippen LogP contribution >= 0.6 is 14.3 Å². The summed E-state index contributed by atoms with van der Waals surface area (Å²) < 4.78 is 21.6. The molecule has 17 heavy (non-hydrogen) atoms. The molecule has 0 rings (SSSR count). The summed E-state index contributed by atoms with van der Waals surface area (Å²) in [6.45, 7) is 6.73. The maximum atomic E-state index is 11.8. The highest BCUT2D eigenvalue weighted by Crippen LogP contribution is 2.62. The molecule has 0 fully saturated rings. The van der Waals surface area contributed by atoms with E-state index in [2.05, 4.69) is 0 Å². The van der Waals surface area contributed by atoms with Gasteiger partial charge in [0.1, 0.15) is 0 Å². The largest absolute Gasteiger partial charge is 0.335 e. The molecule has 0 saturated heterocycles. The summed E-state index contributed by atoms with van der Waals surface area (Å²) in [6, 6.07) is 0. The van der Waals surface area contributed by atoms with Gasteiger partial charge in [-0.1, -0.05) is 20.8 Å². The zero-order chi connectivity index (χ0) is 14.1. The Morgan fingerprint density at radius 2 is 1.53 bits per heavy atom. The topological polar surface area (TPSA) is 76.0 Å².